The number of hydrogen-bond donors (Lipinski definition) is 2. The summed E-state index contributed by atoms with van der Waals surface area (Å²) in [5.41, 5.74) is 7.34. The minimum atomic E-state index is 0.533. The van der Waals surface area contributed by atoms with Crippen molar-refractivity contribution in [1.29, 1.82) is 0 Å². The summed E-state index contributed by atoms with van der Waals surface area (Å²) in [6.07, 6.45) is 2.37. The van der Waals surface area contributed by atoms with Gasteiger partial charge in [-0.25, -0.2) is 4.98 Å². The maximum absolute atomic E-state index is 5.93. The second-order valence-corrected chi connectivity index (χ2v) is 4.48. The number of H-pyrrole nitrogens is 1. The summed E-state index contributed by atoms with van der Waals surface area (Å²) in [5, 5.41) is 7.75. The van der Waals surface area contributed by atoms with Crippen LogP contribution in [0.15, 0.2) is 18.2 Å². The van der Waals surface area contributed by atoms with Crippen LogP contribution in [0.3, 0.4) is 0 Å². The molecule has 1 saturated carbocycles. The second-order valence-electron chi connectivity index (χ2n) is 4.05. The van der Waals surface area contributed by atoms with Crippen LogP contribution in [-0.4, -0.2) is 15.2 Å². The first-order valence-electron chi connectivity index (χ1n) is 5.22. The Labute approximate surface area is 97.8 Å². The summed E-state index contributed by atoms with van der Waals surface area (Å²) in [6, 6.07) is 5.34. The highest BCUT2D eigenvalue weighted by Crippen LogP contribution is 2.38. The van der Waals surface area contributed by atoms with Crippen LogP contribution in [-0.2, 0) is 0 Å². The maximum atomic E-state index is 5.93. The molecule has 1 aliphatic carbocycles. The first-order valence-corrected chi connectivity index (χ1v) is 5.59. The monoisotopic (exact) mass is 234 g/mol. The van der Waals surface area contributed by atoms with Crippen LogP contribution >= 0.6 is 11.6 Å². The fourth-order valence-electron chi connectivity index (χ4n) is 1.65. The van der Waals surface area contributed by atoms with Crippen molar-refractivity contribution in [3.8, 4) is 11.4 Å². The third kappa shape index (κ3) is 1.65. The van der Waals surface area contributed by atoms with Crippen molar-refractivity contribution in [3.05, 3.63) is 29.0 Å². The minimum Gasteiger partial charge on any atom is -0.398 e. The van der Waals surface area contributed by atoms with Gasteiger partial charge in [0.25, 0.3) is 0 Å². The number of aromatic amines is 1. The summed E-state index contributed by atoms with van der Waals surface area (Å²) in [7, 11) is 0. The number of hydrogen-bond acceptors (Lipinski definition) is 3. The van der Waals surface area contributed by atoms with Crippen molar-refractivity contribution in [2.75, 3.05) is 5.73 Å². The third-order valence-corrected chi connectivity index (χ3v) is 2.95. The van der Waals surface area contributed by atoms with Crippen molar-refractivity contribution >= 4 is 17.3 Å². The summed E-state index contributed by atoms with van der Waals surface area (Å²) in [4.78, 5) is 4.44. The molecule has 3 rings (SSSR count). The van der Waals surface area contributed by atoms with E-state index in [1.165, 1.54) is 12.8 Å². The molecule has 1 aliphatic rings. The molecule has 0 radical (unpaired) electrons. The number of benzene rings is 1. The summed E-state index contributed by atoms with van der Waals surface area (Å²) >= 11 is 5.93. The predicted molar refractivity (Wildman–Crippen MR) is 63.2 cm³/mol. The Morgan fingerprint density at radius 1 is 1.38 bits per heavy atom. The lowest BCUT2D eigenvalue weighted by molar-refractivity contribution is 0.935. The van der Waals surface area contributed by atoms with Gasteiger partial charge in [0.1, 0.15) is 0 Å². The molecule has 5 heteroatoms. The molecule has 2 aromatic rings. The maximum Gasteiger partial charge on any atom is 0.157 e. The lowest BCUT2D eigenvalue weighted by atomic mass is 10.2. The largest absolute Gasteiger partial charge is 0.398 e. The molecule has 16 heavy (non-hydrogen) atoms. The highest BCUT2D eigenvalue weighted by atomic mass is 35.5. The summed E-state index contributed by atoms with van der Waals surface area (Å²) in [5.74, 6) is 2.11. The molecular formula is C11H11ClN4. The van der Waals surface area contributed by atoms with Crippen molar-refractivity contribution in [2.24, 2.45) is 0 Å². The zero-order chi connectivity index (χ0) is 11.1. The molecule has 0 amide bonds. The smallest absolute Gasteiger partial charge is 0.157 e. The van der Waals surface area contributed by atoms with E-state index in [2.05, 4.69) is 15.2 Å². The minimum absolute atomic E-state index is 0.533. The van der Waals surface area contributed by atoms with Crippen LogP contribution in [0.4, 0.5) is 5.69 Å². The van der Waals surface area contributed by atoms with Gasteiger partial charge in [-0.1, -0.05) is 11.6 Å². The standard InChI is InChI=1S/C11H11ClN4/c12-7-3-4-9(13)8(5-7)11-14-10(15-16-11)6-1-2-6/h3-6H,1-2,13H2,(H,14,15,16). The van der Waals surface area contributed by atoms with Gasteiger partial charge in [0.2, 0.25) is 0 Å². The first kappa shape index (κ1) is 9.66. The van der Waals surface area contributed by atoms with Crippen LogP contribution in [0.1, 0.15) is 24.6 Å². The number of nitrogen functional groups attached to an aromatic ring is 1. The summed E-state index contributed by atoms with van der Waals surface area (Å²) in [6.45, 7) is 0. The predicted octanol–water partition coefficient (Wildman–Crippen LogP) is 2.58. The lowest BCUT2D eigenvalue weighted by Crippen LogP contribution is -1.91. The van der Waals surface area contributed by atoms with Crippen molar-refractivity contribution in [3.63, 3.8) is 0 Å². The Hall–Kier alpha value is -1.55. The van der Waals surface area contributed by atoms with E-state index in [1.807, 2.05) is 0 Å². The highest BCUT2D eigenvalue weighted by molar-refractivity contribution is 6.31. The molecule has 1 fully saturated rings. The molecule has 1 aromatic carbocycles. The second kappa shape index (κ2) is 3.49. The molecule has 0 saturated heterocycles. The van der Waals surface area contributed by atoms with Gasteiger partial charge in [-0.3, -0.25) is 5.10 Å². The topological polar surface area (TPSA) is 67.6 Å². The molecule has 82 valence electrons. The zero-order valence-electron chi connectivity index (χ0n) is 8.57. The molecule has 4 nitrogen and oxygen atoms in total. The van der Waals surface area contributed by atoms with Gasteiger partial charge in [0.05, 0.1) is 0 Å². The van der Waals surface area contributed by atoms with E-state index in [0.717, 1.165) is 11.4 Å². The van der Waals surface area contributed by atoms with Gasteiger partial charge >= 0.3 is 0 Å². The van der Waals surface area contributed by atoms with Crippen LogP contribution < -0.4 is 5.73 Å². The molecule has 0 aliphatic heterocycles. The van der Waals surface area contributed by atoms with E-state index in [0.29, 0.717) is 22.5 Å². The van der Waals surface area contributed by atoms with Gasteiger partial charge in [0.15, 0.2) is 11.6 Å². The molecular weight excluding hydrogens is 224 g/mol. The van der Waals surface area contributed by atoms with Crippen LogP contribution in [0.5, 0.6) is 0 Å². The Kier molecular flexibility index (Phi) is 2.11. The van der Waals surface area contributed by atoms with E-state index in [1.54, 1.807) is 18.2 Å². The van der Waals surface area contributed by atoms with Crippen molar-refractivity contribution in [1.82, 2.24) is 15.2 Å². The molecule has 1 aromatic heterocycles. The summed E-state index contributed by atoms with van der Waals surface area (Å²) < 4.78 is 0. The molecule has 0 unspecified atom stereocenters. The van der Waals surface area contributed by atoms with E-state index < -0.39 is 0 Å². The Morgan fingerprint density at radius 2 is 2.19 bits per heavy atom. The highest BCUT2D eigenvalue weighted by Gasteiger charge is 2.28. The molecule has 0 spiro atoms. The van der Waals surface area contributed by atoms with Gasteiger partial charge in [-0.15, -0.1) is 0 Å². The van der Waals surface area contributed by atoms with Gasteiger partial charge < -0.3 is 5.73 Å². The average Bonchev–Trinajstić information content (AvgIpc) is 3.01. The van der Waals surface area contributed by atoms with Crippen LogP contribution in [0.25, 0.3) is 11.4 Å². The third-order valence-electron chi connectivity index (χ3n) is 2.72. The van der Waals surface area contributed by atoms with Gasteiger partial charge in [-0.05, 0) is 31.0 Å². The van der Waals surface area contributed by atoms with Gasteiger partial charge in [-0.2, -0.15) is 5.10 Å². The number of rotatable bonds is 2. The molecule has 1 heterocycles. The van der Waals surface area contributed by atoms with E-state index in [4.69, 9.17) is 17.3 Å². The number of nitrogens with one attached hydrogen (secondary N) is 1. The Balaban J connectivity index is 2.03. The molecule has 0 bridgehead atoms. The number of nitrogens with two attached hydrogens (primary N) is 1. The lowest BCUT2D eigenvalue weighted by Gasteiger charge is -2.01. The van der Waals surface area contributed by atoms with E-state index >= 15 is 0 Å². The average molecular weight is 235 g/mol. The molecule has 0 atom stereocenters. The number of halogens is 1. The van der Waals surface area contributed by atoms with Crippen LogP contribution in [0, 0.1) is 0 Å². The molecule has 3 N–H and O–H groups in total. The SMILES string of the molecule is Nc1ccc(Cl)cc1-c1nc(C2CC2)n[nH]1. The number of aromatic nitrogens is 3. The normalized spacial score (nSPS) is 15.3. The van der Waals surface area contributed by atoms with E-state index in [-0.39, 0.29) is 0 Å². The number of anilines is 1. The quantitative estimate of drug-likeness (QED) is 0.785. The Morgan fingerprint density at radius 3 is 2.94 bits per heavy atom. The van der Waals surface area contributed by atoms with Crippen molar-refractivity contribution in [2.45, 2.75) is 18.8 Å². The van der Waals surface area contributed by atoms with Gasteiger partial charge in [0, 0.05) is 22.2 Å². The van der Waals surface area contributed by atoms with Crippen molar-refractivity contribution < 1.29 is 0 Å². The zero-order valence-corrected chi connectivity index (χ0v) is 9.33. The number of nitrogens with zero attached hydrogens (tertiary/aromatic N) is 2. The fourth-order valence-corrected chi connectivity index (χ4v) is 1.83. The van der Waals surface area contributed by atoms with E-state index in [9.17, 15) is 0 Å². The van der Waals surface area contributed by atoms with Crippen LogP contribution in [0.2, 0.25) is 5.02 Å². The first-order chi connectivity index (χ1) is 7.74. The fraction of sp³-hybridized carbons (Fsp3) is 0.273. The Bertz CT molecular complexity index is 531.